The van der Waals surface area contributed by atoms with Crippen molar-refractivity contribution in [2.24, 2.45) is 7.05 Å². The highest BCUT2D eigenvalue weighted by atomic mass is 16.3. The zero-order valence-electron chi connectivity index (χ0n) is 18.3. The van der Waals surface area contributed by atoms with Gasteiger partial charge in [-0.3, -0.25) is 4.79 Å². The Balaban J connectivity index is 1.76. The molecule has 0 aliphatic carbocycles. The minimum Gasteiger partial charge on any atom is -0.467 e. The maximum Gasteiger partial charge on any atom is 0.322 e. The molecule has 2 aromatic heterocycles. The molecule has 0 unspecified atom stereocenters. The first-order valence-corrected chi connectivity index (χ1v) is 10.5. The first-order chi connectivity index (χ1) is 15.0. The SMILES string of the molecule is CC[C@@H](C)N(CC(=O)N(Cc1ccco1)Cc1cccn1C)C(=O)Nc1ccccc1. The molecule has 1 N–H and O–H groups in total. The predicted octanol–water partition coefficient (Wildman–Crippen LogP) is 4.48. The number of urea groups is 1. The molecule has 0 saturated carbocycles. The molecule has 2 heterocycles. The molecule has 3 amide bonds. The number of nitrogens with zero attached hydrogens (tertiary/aromatic N) is 3. The van der Waals surface area contributed by atoms with Crippen LogP contribution in [0.25, 0.3) is 0 Å². The van der Waals surface area contributed by atoms with E-state index in [1.165, 1.54) is 0 Å². The number of anilines is 1. The van der Waals surface area contributed by atoms with Gasteiger partial charge in [-0.2, -0.15) is 0 Å². The lowest BCUT2D eigenvalue weighted by atomic mass is 10.2. The molecule has 0 aliphatic heterocycles. The van der Waals surface area contributed by atoms with E-state index in [0.29, 0.717) is 24.5 Å². The molecule has 0 spiro atoms. The third-order valence-corrected chi connectivity index (χ3v) is 5.40. The number of rotatable bonds is 9. The van der Waals surface area contributed by atoms with Crippen molar-refractivity contribution in [2.45, 2.75) is 39.4 Å². The van der Waals surface area contributed by atoms with Crippen LogP contribution in [0.1, 0.15) is 31.7 Å². The number of carbonyl (C=O) groups is 2. The first kappa shape index (κ1) is 22.2. The molecule has 7 nitrogen and oxygen atoms in total. The van der Waals surface area contributed by atoms with Gasteiger partial charge in [0.05, 0.1) is 19.4 Å². The zero-order valence-corrected chi connectivity index (χ0v) is 18.3. The van der Waals surface area contributed by atoms with Gasteiger partial charge in [0, 0.05) is 30.7 Å². The Morgan fingerprint density at radius 1 is 1.06 bits per heavy atom. The number of amides is 3. The number of furan rings is 1. The molecule has 164 valence electrons. The summed E-state index contributed by atoms with van der Waals surface area (Å²) in [7, 11) is 1.95. The second-order valence-electron chi connectivity index (χ2n) is 7.62. The Bertz CT molecular complexity index is 966. The summed E-state index contributed by atoms with van der Waals surface area (Å²) in [6.45, 7) is 4.70. The van der Waals surface area contributed by atoms with Crippen LogP contribution in [-0.2, 0) is 24.9 Å². The summed E-state index contributed by atoms with van der Waals surface area (Å²) in [4.78, 5) is 29.6. The molecule has 1 aromatic carbocycles. The molecular formula is C24H30N4O3. The van der Waals surface area contributed by atoms with E-state index >= 15 is 0 Å². The number of carbonyl (C=O) groups excluding carboxylic acids is 2. The first-order valence-electron chi connectivity index (χ1n) is 10.5. The van der Waals surface area contributed by atoms with Crippen LogP contribution in [0.4, 0.5) is 10.5 Å². The van der Waals surface area contributed by atoms with Crippen LogP contribution in [0.15, 0.2) is 71.5 Å². The predicted molar refractivity (Wildman–Crippen MR) is 120 cm³/mol. The van der Waals surface area contributed by atoms with Gasteiger partial charge in [-0.1, -0.05) is 25.1 Å². The Kier molecular flexibility index (Phi) is 7.54. The van der Waals surface area contributed by atoms with Crippen molar-refractivity contribution in [1.29, 1.82) is 0 Å². The van der Waals surface area contributed by atoms with Gasteiger partial charge in [0.15, 0.2) is 0 Å². The maximum absolute atomic E-state index is 13.3. The monoisotopic (exact) mass is 422 g/mol. The van der Waals surface area contributed by atoms with E-state index in [4.69, 9.17) is 4.42 Å². The van der Waals surface area contributed by atoms with Gasteiger partial charge in [-0.15, -0.1) is 0 Å². The molecule has 0 fully saturated rings. The molecule has 0 aliphatic rings. The normalized spacial score (nSPS) is 11.7. The number of hydrogen-bond acceptors (Lipinski definition) is 3. The van der Waals surface area contributed by atoms with Crippen LogP contribution in [0.5, 0.6) is 0 Å². The lowest BCUT2D eigenvalue weighted by molar-refractivity contribution is -0.133. The molecule has 3 rings (SSSR count). The Hall–Kier alpha value is -3.48. The Labute approximate surface area is 183 Å². The van der Waals surface area contributed by atoms with Crippen LogP contribution in [-0.4, -0.2) is 38.9 Å². The van der Waals surface area contributed by atoms with Crippen molar-refractivity contribution >= 4 is 17.6 Å². The Morgan fingerprint density at radius 2 is 1.84 bits per heavy atom. The van der Waals surface area contributed by atoms with Crippen molar-refractivity contribution in [3.8, 4) is 0 Å². The van der Waals surface area contributed by atoms with Crippen LogP contribution < -0.4 is 5.32 Å². The highest BCUT2D eigenvalue weighted by Gasteiger charge is 2.26. The van der Waals surface area contributed by atoms with Crippen LogP contribution in [0, 0.1) is 0 Å². The fourth-order valence-corrected chi connectivity index (χ4v) is 3.29. The molecule has 31 heavy (non-hydrogen) atoms. The van der Waals surface area contributed by atoms with E-state index in [2.05, 4.69) is 5.32 Å². The highest BCUT2D eigenvalue weighted by molar-refractivity contribution is 5.92. The topological polar surface area (TPSA) is 70.7 Å². The summed E-state index contributed by atoms with van der Waals surface area (Å²) in [6, 6.07) is 16.5. The molecule has 0 bridgehead atoms. The van der Waals surface area contributed by atoms with Crippen molar-refractivity contribution in [1.82, 2.24) is 14.4 Å². The van der Waals surface area contributed by atoms with E-state index in [0.717, 1.165) is 12.1 Å². The average molecular weight is 423 g/mol. The van der Waals surface area contributed by atoms with Crippen molar-refractivity contribution in [3.05, 3.63) is 78.5 Å². The smallest absolute Gasteiger partial charge is 0.322 e. The molecule has 0 saturated heterocycles. The van der Waals surface area contributed by atoms with Crippen LogP contribution >= 0.6 is 0 Å². The van der Waals surface area contributed by atoms with Gasteiger partial charge in [-0.05, 0) is 49.7 Å². The second-order valence-corrected chi connectivity index (χ2v) is 7.62. The van der Waals surface area contributed by atoms with Crippen molar-refractivity contribution < 1.29 is 14.0 Å². The molecule has 7 heteroatoms. The van der Waals surface area contributed by atoms with Gasteiger partial charge < -0.3 is 24.1 Å². The summed E-state index contributed by atoms with van der Waals surface area (Å²) in [5.41, 5.74) is 1.70. The lowest BCUT2D eigenvalue weighted by Gasteiger charge is -2.31. The van der Waals surface area contributed by atoms with Crippen LogP contribution in [0.2, 0.25) is 0 Å². The van der Waals surface area contributed by atoms with E-state index in [9.17, 15) is 9.59 Å². The summed E-state index contributed by atoms with van der Waals surface area (Å²) < 4.78 is 7.45. The average Bonchev–Trinajstić information content (AvgIpc) is 3.43. The highest BCUT2D eigenvalue weighted by Crippen LogP contribution is 2.15. The van der Waals surface area contributed by atoms with Crippen LogP contribution in [0.3, 0.4) is 0 Å². The summed E-state index contributed by atoms with van der Waals surface area (Å²) in [5.74, 6) is 0.562. The van der Waals surface area contributed by atoms with E-state index < -0.39 is 0 Å². The summed E-state index contributed by atoms with van der Waals surface area (Å²) >= 11 is 0. The minimum absolute atomic E-state index is 0.0151. The minimum atomic E-state index is -0.286. The molecular weight excluding hydrogens is 392 g/mol. The number of aromatic nitrogens is 1. The number of nitrogens with one attached hydrogen (secondary N) is 1. The fourth-order valence-electron chi connectivity index (χ4n) is 3.29. The third-order valence-electron chi connectivity index (χ3n) is 5.40. The van der Waals surface area contributed by atoms with Gasteiger partial charge in [0.25, 0.3) is 0 Å². The van der Waals surface area contributed by atoms with Gasteiger partial charge in [0.2, 0.25) is 5.91 Å². The van der Waals surface area contributed by atoms with Gasteiger partial charge in [-0.25, -0.2) is 4.79 Å². The van der Waals surface area contributed by atoms with Gasteiger partial charge in [0.1, 0.15) is 12.3 Å². The number of para-hydroxylation sites is 1. The maximum atomic E-state index is 13.3. The number of benzene rings is 1. The van der Waals surface area contributed by atoms with E-state index in [1.54, 1.807) is 22.1 Å². The van der Waals surface area contributed by atoms with E-state index in [1.807, 2.05) is 80.2 Å². The van der Waals surface area contributed by atoms with E-state index in [-0.39, 0.29) is 24.5 Å². The lowest BCUT2D eigenvalue weighted by Crippen LogP contribution is -2.48. The quantitative estimate of drug-likeness (QED) is 0.553. The van der Waals surface area contributed by atoms with Crippen molar-refractivity contribution in [2.75, 3.05) is 11.9 Å². The van der Waals surface area contributed by atoms with Crippen molar-refractivity contribution in [3.63, 3.8) is 0 Å². The zero-order chi connectivity index (χ0) is 22.2. The fraction of sp³-hybridized carbons (Fsp3) is 0.333. The number of hydrogen-bond donors (Lipinski definition) is 1. The second kappa shape index (κ2) is 10.5. The standard InChI is InChI=1S/C24H30N4O3/c1-4-19(2)28(24(30)25-20-10-6-5-7-11-20)18-23(29)27(17-22-13-9-15-31-22)16-21-12-8-14-26(21)3/h5-15,19H,4,16-18H2,1-3H3,(H,25,30)/t19-/m1/s1. The van der Waals surface area contributed by atoms with Gasteiger partial charge >= 0.3 is 6.03 Å². The summed E-state index contributed by atoms with van der Waals surface area (Å²) in [5, 5.41) is 2.90. The summed E-state index contributed by atoms with van der Waals surface area (Å²) in [6.07, 6.45) is 4.29. The Morgan fingerprint density at radius 3 is 2.45 bits per heavy atom. The largest absolute Gasteiger partial charge is 0.467 e. The molecule has 3 aromatic rings. The third kappa shape index (κ3) is 6.01. The number of aryl methyl sites for hydroxylation is 1. The molecule has 0 radical (unpaired) electrons. The molecule has 1 atom stereocenters.